The highest BCUT2D eigenvalue weighted by atomic mass is 16.7. The van der Waals surface area contributed by atoms with Crippen LogP contribution in [0.4, 0.5) is 5.69 Å². The van der Waals surface area contributed by atoms with Gasteiger partial charge < -0.3 is 20.5 Å². The summed E-state index contributed by atoms with van der Waals surface area (Å²) in [6.07, 6.45) is 0. The molecule has 0 aliphatic carbocycles. The summed E-state index contributed by atoms with van der Waals surface area (Å²) in [4.78, 5) is 23.7. The summed E-state index contributed by atoms with van der Waals surface area (Å²) in [5.74, 6) is -0.0905. The number of nitrogens with one attached hydrogen (secondary N) is 1. The summed E-state index contributed by atoms with van der Waals surface area (Å²) >= 11 is 0. The Kier molecular flexibility index (Phi) is 3.19. The van der Waals surface area contributed by atoms with Crippen LogP contribution in [0.2, 0.25) is 0 Å². The second kappa shape index (κ2) is 5.16. The molecule has 106 valence electrons. The molecular weight excluding hydrogens is 272 g/mol. The molecule has 1 aliphatic rings. The Hall–Kier alpha value is -3.02. The van der Waals surface area contributed by atoms with Crippen LogP contribution in [-0.2, 0) is 0 Å². The van der Waals surface area contributed by atoms with E-state index < -0.39 is 11.8 Å². The molecule has 3 N–H and O–H groups in total. The van der Waals surface area contributed by atoms with Gasteiger partial charge in [-0.2, -0.15) is 0 Å². The van der Waals surface area contributed by atoms with Gasteiger partial charge in [0.05, 0.1) is 16.8 Å². The minimum Gasteiger partial charge on any atom is -0.454 e. The van der Waals surface area contributed by atoms with Gasteiger partial charge in [-0.25, -0.2) is 0 Å². The van der Waals surface area contributed by atoms with Crippen LogP contribution in [0.25, 0.3) is 0 Å². The smallest absolute Gasteiger partial charge is 0.259 e. The first-order chi connectivity index (χ1) is 10.2. The van der Waals surface area contributed by atoms with Crippen molar-refractivity contribution >= 4 is 17.5 Å². The fourth-order valence-electron chi connectivity index (χ4n) is 2.11. The number of rotatable bonds is 3. The van der Waals surface area contributed by atoms with E-state index in [1.54, 1.807) is 42.5 Å². The lowest BCUT2D eigenvalue weighted by Crippen LogP contribution is -2.18. The molecule has 3 rings (SSSR count). The molecule has 0 saturated carbocycles. The number of carbonyl (C=O) groups excluding carboxylic acids is 2. The van der Waals surface area contributed by atoms with Crippen molar-refractivity contribution in [3.05, 3.63) is 53.6 Å². The van der Waals surface area contributed by atoms with E-state index >= 15 is 0 Å². The summed E-state index contributed by atoms with van der Waals surface area (Å²) in [5, 5.41) is 2.66. The van der Waals surface area contributed by atoms with Gasteiger partial charge in [-0.15, -0.1) is 0 Å². The van der Waals surface area contributed by atoms with Gasteiger partial charge in [-0.3, -0.25) is 9.59 Å². The molecule has 21 heavy (non-hydrogen) atoms. The maximum Gasteiger partial charge on any atom is 0.259 e. The summed E-state index contributed by atoms with van der Waals surface area (Å²) in [7, 11) is 0. The first kappa shape index (κ1) is 13.0. The molecule has 0 radical (unpaired) electrons. The number of para-hydroxylation sites is 2. The maximum absolute atomic E-state index is 12.3. The van der Waals surface area contributed by atoms with Gasteiger partial charge in [0, 0.05) is 0 Å². The highest BCUT2D eigenvalue weighted by Crippen LogP contribution is 2.35. The van der Waals surface area contributed by atoms with Crippen molar-refractivity contribution in [1.29, 1.82) is 0 Å². The zero-order chi connectivity index (χ0) is 14.8. The molecule has 6 heteroatoms. The van der Waals surface area contributed by atoms with E-state index in [1.165, 1.54) is 0 Å². The van der Waals surface area contributed by atoms with Gasteiger partial charge in [0.15, 0.2) is 11.5 Å². The lowest BCUT2D eigenvalue weighted by Gasteiger charge is -2.10. The fraction of sp³-hybridized carbons (Fsp3) is 0.0667. The van der Waals surface area contributed by atoms with Crippen LogP contribution < -0.4 is 20.5 Å². The van der Waals surface area contributed by atoms with E-state index in [0.717, 1.165) is 0 Å². The van der Waals surface area contributed by atoms with Crippen LogP contribution in [0.5, 0.6) is 11.5 Å². The third kappa shape index (κ3) is 2.38. The van der Waals surface area contributed by atoms with Crippen LogP contribution in [0.15, 0.2) is 42.5 Å². The number of benzene rings is 2. The third-order valence-electron chi connectivity index (χ3n) is 3.08. The average molecular weight is 284 g/mol. The van der Waals surface area contributed by atoms with E-state index in [9.17, 15) is 9.59 Å². The van der Waals surface area contributed by atoms with Crippen molar-refractivity contribution in [2.75, 3.05) is 12.1 Å². The predicted octanol–water partition coefficient (Wildman–Crippen LogP) is 1.77. The second-order valence-corrected chi connectivity index (χ2v) is 4.40. The Labute approximate surface area is 120 Å². The lowest BCUT2D eigenvalue weighted by atomic mass is 10.1. The number of amides is 2. The van der Waals surface area contributed by atoms with Crippen LogP contribution >= 0.6 is 0 Å². The Morgan fingerprint density at radius 2 is 1.76 bits per heavy atom. The molecule has 2 aromatic carbocycles. The van der Waals surface area contributed by atoms with Crippen molar-refractivity contribution in [2.24, 2.45) is 5.73 Å². The van der Waals surface area contributed by atoms with Crippen LogP contribution in [0, 0.1) is 0 Å². The number of ether oxygens (including phenoxy) is 2. The Bertz CT molecular complexity index is 727. The Balaban J connectivity index is 1.92. The number of fused-ring (bicyclic) bond motifs is 1. The normalized spacial score (nSPS) is 12.0. The molecule has 0 unspecified atom stereocenters. The molecule has 0 fully saturated rings. The van der Waals surface area contributed by atoms with Crippen molar-refractivity contribution < 1.29 is 19.1 Å². The van der Waals surface area contributed by atoms with E-state index in [0.29, 0.717) is 22.7 Å². The number of carbonyl (C=O) groups is 2. The first-order valence-corrected chi connectivity index (χ1v) is 6.25. The molecule has 2 aromatic rings. The maximum atomic E-state index is 12.3. The third-order valence-corrected chi connectivity index (χ3v) is 3.08. The minimum atomic E-state index is -0.608. The van der Waals surface area contributed by atoms with Gasteiger partial charge in [-0.05, 0) is 24.3 Å². The van der Waals surface area contributed by atoms with E-state index in [1.807, 2.05) is 0 Å². The van der Waals surface area contributed by atoms with E-state index in [4.69, 9.17) is 15.2 Å². The molecular formula is C15H12N2O4. The molecule has 0 bridgehead atoms. The molecule has 0 spiro atoms. The summed E-state index contributed by atoms with van der Waals surface area (Å²) in [5.41, 5.74) is 6.22. The fourth-order valence-corrected chi connectivity index (χ4v) is 2.11. The van der Waals surface area contributed by atoms with Gasteiger partial charge in [-0.1, -0.05) is 18.2 Å². The molecule has 6 nitrogen and oxygen atoms in total. The number of primary amides is 1. The van der Waals surface area contributed by atoms with Gasteiger partial charge in [0.25, 0.3) is 11.8 Å². The van der Waals surface area contributed by atoms with Gasteiger partial charge >= 0.3 is 0 Å². The summed E-state index contributed by atoms with van der Waals surface area (Å²) < 4.78 is 10.5. The summed E-state index contributed by atoms with van der Waals surface area (Å²) in [6, 6.07) is 11.6. The zero-order valence-electron chi connectivity index (χ0n) is 11.0. The van der Waals surface area contributed by atoms with E-state index in [2.05, 4.69) is 5.32 Å². The average Bonchev–Trinajstić information content (AvgIpc) is 2.95. The largest absolute Gasteiger partial charge is 0.454 e. The number of anilines is 1. The molecule has 2 amide bonds. The van der Waals surface area contributed by atoms with Crippen molar-refractivity contribution in [2.45, 2.75) is 0 Å². The minimum absolute atomic E-state index is 0.0809. The zero-order valence-corrected chi connectivity index (χ0v) is 11.0. The first-order valence-electron chi connectivity index (χ1n) is 6.25. The quantitative estimate of drug-likeness (QED) is 0.898. The topological polar surface area (TPSA) is 90.7 Å². The Morgan fingerprint density at radius 1 is 1.00 bits per heavy atom. The van der Waals surface area contributed by atoms with Crippen LogP contribution in [0.1, 0.15) is 20.7 Å². The monoisotopic (exact) mass is 284 g/mol. The number of hydrogen-bond donors (Lipinski definition) is 2. The molecule has 1 aliphatic heterocycles. The summed E-state index contributed by atoms with van der Waals surface area (Å²) in [6.45, 7) is 0.0809. The van der Waals surface area contributed by atoms with Crippen molar-refractivity contribution in [3.8, 4) is 11.5 Å². The van der Waals surface area contributed by atoms with Crippen LogP contribution in [-0.4, -0.2) is 18.6 Å². The van der Waals surface area contributed by atoms with Gasteiger partial charge in [0.1, 0.15) is 0 Å². The number of hydrogen-bond acceptors (Lipinski definition) is 4. The van der Waals surface area contributed by atoms with E-state index in [-0.39, 0.29) is 12.4 Å². The SMILES string of the molecule is NC(=O)c1ccccc1NC(=O)c1cccc2c1OCO2. The van der Waals surface area contributed by atoms with Gasteiger partial charge in [0.2, 0.25) is 6.79 Å². The Morgan fingerprint density at radius 3 is 2.57 bits per heavy atom. The van der Waals surface area contributed by atoms with Crippen LogP contribution in [0.3, 0.4) is 0 Å². The molecule has 0 aromatic heterocycles. The van der Waals surface area contributed by atoms with Crippen molar-refractivity contribution in [3.63, 3.8) is 0 Å². The molecule has 0 atom stereocenters. The molecule has 0 saturated heterocycles. The predicted molar refractivity (Wildman–Crippen MR) is 75.5 cm³/mol. The highest BCUT2D eigenvalue weighted by molar-refractivity contribution is 6.10. The second-order valence-electron chi connectivity index (χ2n) is 4.40. The lowest BCUT2D eigenvalue weighted by molar-refractivity contribution is 0.100. The number of nitrogens with two attached hydrogens (primary N) is 1. The molecule has 1 heterocycles. The van der Waals surface area contributed by atoms with Crippen molar-refractivity contribution in [1.82, 2.24) is 0 Å². The highest BCUT2D eigenvalue weighted by Gasteiger charge is 2.22. The standard InChI is InChI=1S/C15H12N2O4/c16-14(18)9-4-1-2-6-11(9)17-15(19)10-5-3-7-12-13(10)21-8-20-12/h1-7H,8H2,(H2,16,18)(H,17,19).